The van der Waals surface area contributed by atoms with Gasteiger partial charge in [-0.3, -0.25) is 4.79 Å². The fourth-order valence-corrected chi connectivity index (χ4v) is 6.00. The summed E-state index contributed by atoms with van der Waals surface area (Å²) in [6.07, 6.45) is 6.06. The van der Waals surface area contributed by atoms with Crippen molar-refractivity contribution in [1.29, 1.82) is 0 Å². The SMILES string of the molecule is Cc1cc(C2CC2)nc2cc(C3CCCCN3C(=O)C(C)(NS(C)(=O)=O)c3ccccc3)nn12. The first-order valence-corrected chi connectivity index (χ1v) is 13.8. The van der Waals surface area contributed by atoms with E-state index in [2.05, 4.69) is 10.8 Å². The van der Waals surface area contributed by atoms with Crippen LogP contribution in [0.4, 0.5) is 0 Å². The molecule has 0 radical (unpaired) electrons. The first-order valence-electron chi connectivity index (χ1n) is 11.9. The molecule has 2 unspecified atom stereocenters. The van der Waals surface area contributed by atoms with Crippen molar-refractivity contribution in [2.75, 3.05) is 12.8 Å². The topological polar surface area (TPSA) is 96.7 Å². The molecule has 34 heavy (non-hydrogen) atoms. The van der Waals surface area contributed by atoms with Gasteiger partial charge in [0.05, 0.1) is 18.0 Å². The summed E-state index contributed by atoms with van der Waals surface area (Å²) in [5.41, 5.74) is 2.93. The van der Waals surface area contributed by atoms with Crippen LogP contribution < -0.4 is 4.72 Å². The summed E-state index contributed by atoms with van der Waals surface area (Å²) in [6.45, 7) is 4.23. The number of likely N-dealkylation sites (tertiary alicyclic amines) is 1. The molecule has 0 bridgehead atoms. The minimum Gasteiger partial charge on any atom is -0.332 e. The number of hydrogen-bond donors (Lipinski definition) is 1. The van der Waals surface area contributed by atoms with Crippen molar-refractivity contribution in [3.63, 3.8) is 0 Å². The predicted octanol–water partition coefficient (Wildman–Crippen LogP) is 3.43. The van der Waals surface area contributed by atoms with Crippen molar-refractivity contribution in [2.45, 2.75) is 63.5 Å². The smallest absolute Gasteiger partial charge is 0.248 e. The maximum Gasteiger partial charge on any atom is 0.248 e. The molecule has 3 heterocycles. The monoisotopic (exact) mass is 481 g/mol. The minimum absolute atomic E-state index is 0.240. The van der Waals surface area contributed by atoms with Gasteiger partial charge < -0.3 is 4.90 Å². The number of amides is 1. The second kappa shape index (κ2) is 8.46. The Bertz CT molecular complexity index is 1330. The highest BCUT2D eigenvalue weighted by molar-refractivity contribution is 7.88. The zero-order chi connectivity index (χ0) is 24.1. The van der Waals surface area contributed by atoms with E-state index in [1.165, 1.54) is 12.8 Å². The van der Waals surface area contributed by atoms with Crippen LogP contribution in [0.1, 0.15) is 73.6 Å². The molecule has 1 N–H and O–H groups in total. The quantitative estimate of drug-likeness (QED) is 0.582. The summed E-state index contributed by atoms with van der Waals surface area (Å²) >= 11 is 0. The van der Waals surface area contributed by atoms with E-state index >= 15 is 0 Å². The molecule has 2 aliphatic rings. The number of nitrogens with one attached hydrogen (secondary N) is 1. The van der Waals surface area contributed by atoms with E-state index in [9.17, 15) is 13.2 Å². The zero-order valence-electron chi connectivity index (χ0n) is 19.9. The van der Waals surface area contributed by atoms with Crippen LogP contribution in [-0.2, 0) is 20.4 Å². The summed E-state index contributed by atoms with van der Waals surface area (Å²) in [7, 11) is -3.66. The van der Waals surface area contributed by atoms with E-state index in [1.54, 1.807) is 24.0 Å². The first-order chi connectivity index (χ1) is 16.2. The van der Waals surface area contributed by atoms with Gasteiger partial charge in [0.2, 0.25) is 15.9 Å². The molecule has 1 saturated carbocycles. The van der Waals surface area contributed by atoms with Gasteiger partial charge >= 0.3 is 0 Å². The van der Waals surface area contributed by atoms with Gasteiger partial charge in [-0.2, -0.15) is 9.82 Å². The molecule has 1 aliphatic carbocycles. The van der Waals surface area contributed by atoms with Gasteiger partial charge in [0.1, 0.15) is 5.54 Å². The Morgan fingerprint density at radius 3 is 2.50 bits per heavy atom. The third-order valence-corrected chi connectivity index (χ3v) is 7.69. The van der Waals surface area contributed by atoms with Crippen LogP contribution in [0, 0.1) is 6.92 Å². The number of aromatic nitrogens is 3. The largest absolute Gasteiger partial charge is 0.332 e. The number of fused-ring (bicyclic) bond motifs is 1. The fourth-order valence-electron chi connectivity index (χ4n) is 5.06. The van der Waals surface area contributed by atoms with Crippen molar-refractivity contribution in [3.8, 4) is 0 Å². The molecule has 8 nitrogen and oxygen atoms in total. The first kappa shape index (κ1) is 23.0. The molecule has 1 aromatic carbocycles. The molecule has 2 fully saturated rings. The summed E-state index contributed by atoms with van der Waals surface area (Å²) < 4.78 is 29.1. The van der Waals surface area contributed by atoms with Crippen molar-refractivity contribution < 1.29 is 13.2 Å². The van der Waals surface area contributed by atoms with Crippen LogP contribution >= 0.6 is 0 Å². The molecular formula is C25H31N5O3S. The van der Waals surface area contributed by atoms with Crippen LogP contribution in [0.3, 0.4) is 0 Å². The number of aryl methyl sites for hydroxylation is 1. The maximum atomic E-state index is 14.1. The van der Waals surface area contributed by atoms with Gasteiger partial charge in [0.25, 0.3) is 0 Å². The van der Waals surface area contributed by atoms with E-state index in [0.29, 0.717) is 18.0 Å². The molecule has 1 amide bonds. The van der Waals surface area contributed by atoms with Crippen LogP contribution in [0.5, 0.6) is 0 Å². The van der Waals surface area contributed by atoms with E-state index in [4.69, 9.17) is 10.1 Å². The van der Waals surface area contributed by atoms with E-state index in [-0.39, 0.29) is 11.9 Å². The van der Waals surface area contributed by atoms with Crippen molar-refractivity contribution in [1.82, 2.24) is 24.2 Å². The molecule has 0 spiro atoms. The Kier molecular flexibility index (Phi) is 5.72. The molecular weight excluding hydrogens is 450 g/mol. The summed E-state index contributed by atoms with van der Waals surface area (Å²) in [4.78, 5) is 20.7. The lowest BCUT2D eigenvalue weighted by atomic mass is 9.89. The van der Waals surface area contributed by atoms with Crippen LogP contribution in [0.2, 0.25) is 0 Å². The highest BCUT2D eigenvalue weighted by atomic mass is 32.2. The highest BCUT2D eigenvalue weighted by Gasteiger charge is 2.44. The second-order valence-electron chi connectivity index (χ2n) is 9.81. The molecule has 2 atom stereocenters. The molecule has 1 saturated heterocycles. The number of benzene rings is 1. The van der Waals surface area contributed by atoms with Crippen molar-refractivity contribution in [3.05, 3.63) is 65.1 Å². The third kappa shape index (κ3) is 4.34. The summed E-state index contributed by atoms with van der Waals surface area (Å²) in [5, 5.41) is 4.84. The molecule has 5 rings (SSSR count). The Balaban J connectivity index is 1.54. The average molecular weight is 482 g/mol. The van der Waals surface area contributed by atoms with E-state index < -0.39 is 15.6 Å². The van der Waals surface area contributed by atoms with Crippen molar-refractivity contribution in [2.24, 2.45) is 0 Å². The number of carbonyl (C=O) groups is 1. The lowest BCUT2D eigenvalue weighted by Gasteiger charge is -2.41. The Morgan fingerprint density at radius 2 is 1.82 bits per heavy atom. The van der Waals surface area contributed by atoms with Crippen LogP contribution in [-0.4, -0.2) is 46.6 Å². The van der Waals surface area contributed by atoms with E-state index in [0.717, 1.165) is 48.2 Å². The number of nitrogens with zero attached hydrogens (tertiary/aromatic N) is 4. The Labute approximate surface area is 200 Å². The average Bonchev–Trinajstić information content (AvgIpc) is 3.57. The van der Waals surface area contributed by atoms with E-state index in [1.807, 2.05) is 35.7 Å². The molecule has 180 valence electrons. The molecule has 1 aliphatic heterocycles. The lowest BCUT2D eigenvalue weighted by Crippen LogP contribution is -2.56. The summed E-state index contributed by atoms with van der Waals surface area (Å²) in [5.74, 6) is 0.276. The number of hydrogen-bond acceptors (Lipinski definition) is 5. The lowest BCUT2D eigenvalue weighted by molar-refractivity contribution is -0.141. The molecule has 9 heteroatoms. The maximum absolute atomic E-state index is 14.1. The van der Waals surface area contributed by atoms with Gasteiger partial charge in [-0.25, -0.2) is 17.9 Å². The highest BCUT2D eigenvalue weighted by Crippen LogP contribution is 2.40. The number of rotatable bonds is 6. The Hall–Kier alpha value is -2.78. The van der Waals surface area contributed by atoms with Gasteiger partial charge in [0, 0.05) is 29.9 Å². The van der Waals surface area contributed by atoms with Crippen LogP contribution in [0.15, 0.2) is 42.5 Å². The predicted molar refractivity (Wildman–Crippen MR) is 130 cm³/mol. The zero-order valence-corrected chi connectivity index (χ0v) is 20.7. The molecule has 2 aromatic heterocycles. The Morgan fingerprint density at radius 1 is 1.09 bits per heavy atom. The van der Waals surface area contributed by atoms with Crippen LogP contribution in [0.25, 0.3) is 5.65 Å². The minimum atomic E-state index is -3.66. The van der Waals surface area contributed by atoms with Gasteiger partial charge in [-0.1, -0.05) is 30.3 Å². The second-order valence-corrected chi connectivity index (χ2v) is 11.6. The van der Waals surface area contributed by atoms with Gasteiger partial charge in [-0.05, 0) is 57.6 Å². The molecule has 3 aromatic rings. The normalized spacial score (nSPS) is 20.9. The van der Waals surface area contributed by atoms with Crippen molar-refractivity contribution >= 4 is 21.6 Å². The standard InChI is InChI=1S/C25H31N5O3S/c1-17-15-20(18-12-13-18)26-23-16-21(27-30(17)23)22-11-7-8-14-29(22)24(31)25(2,28-34(3,32)33)19-9-5-4-6-10-19/h4-6,9-10,15-16,18,22,28H,7-8,11-14H2,1-3H3. The number of piperidine rings is 1. The number of sulfonamides is 1. The summed E-state index contributed by atoms with van der Waals surface area (Å²) in [6, 6.07) is 12.9. The third-order valence-electron chi connectivity index (χ3n) is 6.91. The number of carbonyl (C=O) groups excluding carboxylic acids is 1. The van der Waals surface area contributed by atoms with Gasteiger partial charge in [-0.15, -0.1) is 0 Å². The fraction of sp³-hybridized carbons (Fsp3) is 0.480. The van der Waals surface area contributed by atoms with Gasteiger partial charge in [0.15, 0.2) is 5.65 Å².